The molecule has 0 fully saturated rings. The summed E-state index contributed by atoms with van der Waals surface area (Å²) in [7, 11) is 0. The summed E-state index contributed by atoms with van der Waals surface area (Å²) in [5.74, 6) is -5.11. The lowest BCUT2D eigenvalue weighted by atomic mass is 10.0. The van der Waals surface area contributed by atoms with Crippen LogP contribution < -0.4 is 21.7 Å². The standard InChI is InChI=1S/C16H28N4O7S/c1-7(2)4-9(17)13(23)19-10(5-12(21)22)14(24)20-11(6-28)15(25)18-8(3)16(26)27/h7-11,28H,4-6,17H2,1-3H3,(H,18,25)(H,19,23)(H,20,24)(H,21,22)(H,26,27). The van der Waals surface area contributed by atoms with Crippen LogP contribution in [0.5, 0.6) is 0 Å². The van der Waals surface area contributed by atoms with E-state index in [1.165, 1.54) is 6.92 Å². The first-order valence-electron chi connectivity index (χ1n) is 8.61. The maximum Gasteiger partial charge on any atom is 0.325 e. The summed E-state index contributed by atoms with van der Waals surface area (Å²) < 4.78 is 0. The van der Waals surface area contributed by atoms with Gasteiger partial charge in [-0.05, 0) is 19.3 Å². The minimum Gasteiger partial charge on any atom is -0.481 e. The molecule has 0 aliphatic rings. The van der Waals surface area contributed by atoms with Crippen molar-refractivity contribution in [3.63, 3.8) is 0 Å². The maximum absolute atomic E-state index is 12.4. The van der Waals surface area contributed by atoms with E-state index in [-0.39, 0.29) is 11.7 Å². The van der Waals surface area contributed by atoms with E-state index in [0.29, 0.717) is 6.42 Å². The van der Waals surface area contributed by atoms with Crippen LogP contribution in [0.4, 0.5) is 0 Å². The van der Waals surface area contributed by atoms with E-state index in [1.807, 2.05) is 13.8 Å². The molecular formula is C16H28N4O7S. The molecule has 0 rings (SSSR count). The Kier molecular flexibility index (Phi) is 11.2. The average molecular weight is 420 g/mol. The van der Waals surface area contributed by atoms with Crippen molar-refractivity contribution in [2.45, 2.75) is 57.8 Å². The molecule has 0 bridgehead atoms. The number of nitrogens with one attached hydrogen (secondary N) is 3. The highest BCUT2D eigenvalue weighted by atomic mass is 32.1. The molecule has 11 nitrogen and oxygen atoms in total. The zero-order valence-electron chi connectivity index (χ0n) is 16.0. The second-order valence-electron chi connectivity index (χ2n) is 6.71. The van der Waals surface area contributed by atoms with Gasteiger partial charge in [0.1, 0.15) is 18.1 Å². The maximum atomic E-state index is 12.4. The summed E-state index contributed by atoms with van der Waals surface area (Å²) in [4.78, 5) is 58.4. The Bertz CT molecular complexity index is 600. The van der Waals surface area contributed by atoms with Crippen molar-refractivity contribution in [3.8, 4) is 0 Å². The van der Waals surface area contributed by atoms with Crippen molar-refractivity contribution in [1.29, 1.82) is 0 Å². The lowest BCUT2D eigenvalue weighted by Gasteiger charge is -2.23. The lowest BCUT2D eigenvalue weighted by Crippen LogP contribution is -2.57. The van der Waals surface area contributed by atoms with Crippen LogP contribution in [-0.2, 0) is 24.0 Å². The molecule has 0 radical (unpaired) electrons. The first-order chi connectivity index (χ1) is 12.9. The number of amides is 3. The SMILES string of the molecule is CC(C)CC(N)C(=O)NC(CC(=O)O)C(=O)NC(CS)C(=O)NC(C)C(=O)O. The highest BCUT2D eigenvalue weighted by molar-refractivity contribution is 7.80. The Morgan fingerprint density at radius 3 is 1.82 bits per heavy atom. The molecule has 3 amide bonds. The summed E-state index contributed by atoms with van der Waals surface area (Å²) in [6.45, 7) is 4.94. The van der Waals surface area contributed by atoms with Gasteiger partial charge in [-0.15, -0.1) is 0 Å². The van der Waals surface area contributed by atoms with Gasteiger partial charge in [-0.1, -0.05) is 13.8 Å². The number of aliphatic carboxylic acids is 2. The molecule has 4 unspecified atom stereocenters. The fourth-order valence-corrected chi connectivity index (χ4v) is 2.38. The van der Waals surface area contributed by atoms with Crippen LogP contribution in [0.1, 0.15) is 33.6 Å². The van der Waals surface area contributed by atoms with Gasteiger partial charge < -0.3 is 31.9 Å². The molecule has 0 aliphatic heterocycles. The van der Waals surface area contributed by atoms with E-state index in [1.54, 1.807) is 0 Å². The smallest absolute Gasteiger partial charge is 0.325 e. The quantitative estimate of drug-likeness (QED) is 0.182. The first kappa shape index (κ1) is 25.7. The van der Waals surface area contributed by atoms with Gasteiger partial charge in [-0.2, -0.15) is 12.6 Å². The molecule has 0 spiro atoms. The first-order valence-corrected chi connectivity index (χ1v) is 9.24. The molecule has 0 heterocycles. The van der Waals surface area contributed by atoms with Gasteiger partial charge in [0.15, 0.2) is 0 Å². The topological polar surface area (TPSA) is 188 Å². The highest BCUT2D eigenvalue weighted by Crippen LogP contribution is 2.04. The summed E-state index contributed by atoms with van der Waals surface area (Å²) >= 11 is 3.94. The minimum atomic E-state index is -1.46. The number of nitrogens with two attached hydrogens (primary N) is 1. The van der Waals surface area contributed by atoms with Gasteiger partial charge in [-0.3, -0.25) is 24.0 Å². The number of carbonyl (C=O) groups excluding carboxylic acids is 3. The third kappa shape index (κ3) is 9.55. The van der Waals surface area contributed by atoms with Crippen molar-refractivity contribution in [3.05, 3.63) is 0 Å². The number of rotatable bonds is 12. The number of carboxylic acid groups (broad SMARTS) is 2. The molecule has 4 atom stereocenters. The molecule has 0 aromatic carbocycles. The van der Waals surface area contributed by atoms with E-state index in [2.05, 4.69) is 28.6 Å². The summed E-state index contributed by atoms with van der Waals surface area (Å²) in [6, 6.07) is -4.81. The van der Waals surface area contributed by atoms with Crippen LogP contribution in [0.2, 0.25) is 0 Å². The predicted octanol–water partition coefficient (Wildman–Crippen LogP) is -1.68. The third-order valence-electron chi connectivity index (χ3n) is 3.62. The fraction of sp³-hybridized carbons (Fsp3) is 0.688. The van der Waals surface area contributed by atoms with Crippen molar-refractivity contribution >= 4 is 42.3 Å². The predicted molar refractivity (Wildman–Crippen MR) is 103 cm³/mol. The zero-order chi connectivity index (χ0) is 22.0. The normalized spacial score (nSPS) is 15.1. The van der Waals surface area contributed by atoms with Gasteiger partial charge in [0.05, 0.1) is 12.5 Å². The van der Waals surface area contributed by atoms with E-state index >= 15 is 0 Å². The van der Waals surface area contributed by atoms with Crippen LogP contribution in [0.3, 0.4) is 0 Å². The summed E-state index contributed by atoms with van der Waals surface area (Å²) in [5, 5.41) is 24.5. The number of carboxylic acids is 2. The fourth-order valence-electron chi connectivity index (χ4n) is 2.12. The Morgan fingerprint density at radius 1 is 0.893 bits per heavy atom. The largest absolute Gasteiger partial charge is 0.481 e. The number of hydrogen-bond donors (Lipinski definition) is 7. The van der Waals surface area contributed by atoms with Crippen LogP contribution in [0.15, 0.2) is 0 Å². The van der Waals surface area contributed by atoms with Gasteiger partial charge >= 0.3 is 11.9 Å². The molecule has 0 saturated heterocycles. The van der Waals surface area contributed by atoms with Crippen molar-refractivity contribution < 1.29 is 34.2 Å². The molecule has 12 heteroatoms. The molecule has 0 aromatic heterocycles. The van der Waals surface area contributed by atoms with Crippen LogP contribution in [0, 0.1) is 5.92 Å². The van der Waals surface area contributed by atoms with Crippen molar-refractivity contribution in [2.24, 2.45) is 11.7 Å². The third-order valence-corrected chi connectivity index (χ3v) is 3.98. The van der Waals surface area contributed by atoms with E-state index in [0.717, 1.165) is 0 Å². The average Bonchev–Trinajstić information content (AvgIpc) is 2.57. The summed E-state index contributed by atoms with van der Waals surface area (Å²) in [5.41, 5.74) is 5.73. The Labute approximate surface area is 168 Å². The molecule has 7 N–H and O–H groups in total. The van der Waals surface area contributed by atoms with E-state index in [4.69, 9.17) is 15.9 Å². The minimum absolute atomic E-state index is 0.112. The van der Waals surface area contributed by atoms with Gasteiger partial charge in [-0.25, -0.2) is 0 Å². The summed E-state index contributed by atoms with van der Waals surface area (Å²) in [6.07, 6.45) is -0.388. The van der Waals surface area contributed by atoms with Crippen molar-refractivity contribution in [2.75, 3.05) is 5.75 Å². The Morgan fingerprint density at radius 2 is 1.39 bits per heavy atom. The molecule has 0 saturated carbocycles. The van der Waals surface area contributed by atoms with Crippen molar-refractivity contribution in [1.82, 2.24) is 16.0 Å². The molecule has 0 aromatic rings. The molecule has 28 heavy (non-hydrogen) atoms. The molecular weight excluding hydrogens is 392 g/mol. The van der Waals surface area contributed by atoms with Crippen LogP contribution >= 0.6 is 12.6 Å². The second kappa shape index (κ2) is 12.2. The van der Waals surface area contributed by atoms with Gasteiger partial charge in [0.25, 0.3) is 0 Å². The van der Waals surface area contributed by atoms with Gasteiger partial charge in [0, 0.05) is 5.75 Å². The number of hydrogen-bond acceptors (Lipinski definition) is 7. The number of thiol groups is 1. The van der Waals surface area contributed by atoms with Crippen LogP contribution in [-0.4, -0.2) is 69.8 Å². The molecule has 0 aliphatic carbocycles. The monoisotopic (exact) mass is 420 g/mol. The second-order valence-corrected chi connectivity index (χ2v) is 7.07. The van der Waals surface area contributed by atoms with E-state index in [9.17, 15) is 24.0 Å². The number of carbonyl (C=O) groups is 5. The molecule has 160 valence electrons. The zero-order valence-corrected chi connectivity index (χ0v) is 16.9. The van der Waals surface area contributed by atoms with Gasteiger partial charge in [0.2, 0.25) is 17.7 Å². The van der Waals surface area contributed by atoms with E-state index < -0.39 is 60.2 Å². The Hall–Kier alpha value is -2.34. The lowest BCUT2D eigenvalue weighted by molar-refractivity contribution is -0.142. The Balaban J connectivity index is 5.12. The van der Waals surface area contributed by atoms with Crippen LogP contribution in [0.25, 0.3) is 0 Å². The highest BCUT2D eigenvalue weighted by Gasteiger charge is 2.30.